The number of aromatic nitrogens is 2. The highest BCUT2D eigenvalue weighted by atomic mass is 79.9. The normalized spacial score (nSPS) is 10.5. The zero-order valence-corrected chi connectivity index (χ0v) is 11.9. The smallest absolute Gasteiger partial charge is 0.226 e. The topological polar surface area (TPSA) is 46.9 Å². The summed E-state index contributed by atoms with van der Waals surface area (Å²) >= 11 is 3.11. The number of nitrogens with one attached hydrogen (secondary N) is 1. The number of imidazole rings is 1. The maximum atomic E-state index is 13.4. The van der Waals surface area contributed by atoms with E-state index in [-0.39, 0.29) is 5.91 Å². The largest absolute Gasteiger partial charge is 0.337 e. The van der Waals surface area contributed by atoms with E-state index in [1.165, 1.54) is 6.07 Å². The fraction of sp³-hybridized carbons (Fsp3) is 0.231. The van der Waals surface area contributed by atoms with Crippen molar-refractivity contribution in [2.75, 3.05) is 5.32 Å². The summed E-state index contributed by atoms with van der Waals surface area (Å²) in [4.78, 5) is 15.7. The average Bonchev–Trinajstić information content (AvgIpc) is 2.86. The van der Waals surface area contributed by atoms with E-state index in [1.807, 2.05) is 11.5 Å². The minimum Gasteiger partial charge on any atom is -0.337 e. The number of halogens is 2. The Bertz CT molecular complexity index is 584. The van der Waals surface area contributed by atoms with Crippen LogP contribution in [0.5, 0.6) is 0 Å². The SMILES string of the molecule is Cc1cc(Br)c(F)cc1NC(=O)CCn1ccnc1. The van der Waals surface area contributed by atoms with Gasteiger partial charge in [0.2, 0.25) is 5.91 Å². The third-order valence-electron chi connectivity index (χ3n) is 2.70. The van der Waals surface area contributed by atoms with Gasteiger partial charge in [0.25, 0.3) is 0 Å². The zero-order valence-electron chi connectivity index (χ0n) is 10.4. The Labute approximate surface area is 118 Å². The molecular weight excluding hydrogens is 313 g/mol. The predicted molar refractivity (Wildman–Crippen MR) is 74.3 cm³/mol. The van der Waals surface area contributed by atoms with Gasteiger partial charge in [0.05, 0.1) is 10.8 Å². The van der Waals surface area contributed by atoms with Crippen LogP contribution in [0, 0.1) is 12.7 Å². The van der Waals surface area contributed by atoms with Crippen molar-refractivity contribution in [1.29, 1.82) is 0 Å². The Kier molecular flexibility index (Phi) is 4.31. The van der Waals surface area contributed by atoms with Crippen molar-refractivity contribution in [1.82, 2.24) is 9.55 Å². The molecule has 1 aromatic carbocycles. The van der Waals surface area contributed by atoms with Gasteiger partial charge in [-0.2, -0.15) is 0 Å². The molecule has 0 atom stereocenters. The minimum atomic E-state index is -0.393. The number of rotatable bonds is 4. The second-order valence-corrected chi connectivity index (χ2v) is 5.03. The number of carbonyl (C=O) groups is 1. The fourth-order valence-corrected chi connectivity index (χ4v) is 2.10. The number of aryl methyl sites for hydroxylation is 2. The summed E-state index contributed by atoms with van der Waals surface area (Å²) in [6.45, 7) is 2.36. The lowest BCUT2D eigenvalue weighted by atomic mass is 10.2. The van der Waals surface area contributed by atoms with Gasteiger partial charge in [0, 0.05) is 31.0 Å². The number of amides is 1. The monoisotopic (exact) mass is 325 g/mol. The van der Waals surface area contributed by atoms with Crippen molar-refractivity contribution in [2.45, 2.75) is 19.9 Å². The first kappa shape index (κ1) is 13.7. The molecule has 1 N–H and O–H groups in total. The highest BCUT2D eigenvalue weighted by Gasteiger charge is 2.08. The molecule has 19 heavy (non-hydrogen) atoms. The molecule has 1 amide bonds. The van der Waals surface area contributed by atoms with Crippen LogP contribution in [0.3, 0.4) is 0 Å². The number of hydrogen-bond acceptors (Lipinski definition) is 2. The summed E-state index contributed by atoms with van der Waals surface area (Å²) in [7, 11) is 0. The lowest BCUT2D eigenvalue weighted by Gasteiger charge is -2.09. The lowest BCUT2D eigenvalue weighted by Crippen LogP contribution is -2.15. The first-order valence-electron chi connectivity index (χ1n) is 5.77. The molecule has 2 rings (SSSR count). The van der Waals surface area contributed by atoms with Crippen LogP contribution in [-0.2, 0) is 11.3 Å². The third kappa shape index (κ3) is 3.64. The van der Waals surface area contributed by atoms with Crippen LogP contribution in [0.4, 0.5) is 10.1 Å². The summed E-state index contributed by atoms with van der Waals surface area (Å²) in [6, 6.07) is 2.95. The minimum absolute atomic E-state index is 0.154. The van der Waals surface area contributed by atoms with E-state index in [9.17, 15) is 9.18 Å². The molecule has 0 bridgehead atoms. The van der Waals surface area contributed by atoms with E-state index in [0.717, 1.165) is 5.56 Å². The third-order valence-corrected chi connectivity index (χ3v) is 3.31. The molecule has 0 spiro atoms. The number of anilines is 1. The number of carbonyl (C=O) groups excluding carboxylic acids is 1. The van der Waals surface area contributed by atoms with Crippen LogP contribution in [0.2, 0.25) is 0 Å². The molecule has 0 aliphatic heterocycles. The van der Waals surface area contributed by atoms with E-state index in [4.69, 9.17) is 0 Å². The van der Waals surface area contributed by atoms with Crippen LogP contribution in [0.25, 0.3) is 0 Å². The van der Waals surface area contributed by atoms with Gasteiger partial charge in [0.1, 0.15) is 5.82 Å². The molecule has 1 heterocycles. The van der Waals surface area contributed by atoms with Gasteiger partial charge in [-0.1, -0.05) is 0 Å². The van der Waals surface area contributed by atoms with Gasteiger partial charge in [-0.3, -0.25) is 4.79 Å². The van der Waals surface area contributed by atoms with E-state index in [1.54, 1.807) is 24.8 Å². The van der Waals surface area contributed by atoms with Gasteiger partial charge < -0.3 is 9.88 Å². The van der Waals surface area contributed by atoms with Crippen molar-refractivity contribution < 1.29 is 9.18 Å². The molecule has 6 heteroatoms. The molecule has 0 fully saturated rings. The summed E-state index contributed by atoms with van der Waals surface area (Å²) in [5.74, 6) is -0.547. The number of benzene rings is 1. The molecule has 100 valence electrons. The van der Waals surface area contributed by atoms with Crippen molar-refractivity contribution in [3.63, 3.8) is 0 Å². The molecule has 0 radical (unpaired) electrons. The van der Waals surface area contributed by atoms with Gasteiger partial charge >= 0.3 is 0 Å². The van der Waals surface area contributed by atoms with Gasteiger partial charge in [-0.05, 0) is 40.5 Å². The average molecular weight is 326 g/mol. The van der Waals surface area contributed by atoms with E-state index in [0.29, 0.717) is 23.1 Å². The Balaban J connectivity index is 1.97. The standard InChI is InChI=1S/C13H13BrFN3O/c1-9-6-10(14)11(15)7-12(9)17-13(19)2-4-18-5-3-16-8-18/h3,5-8H,2,4H2,1H3,(H,17,19). The van der Waals surface area contributed by atoms with Crippen molar-refractivity contribution >= 4 is 27.5 Å². The Morgan fingerprint density at radius 3 is 3.00 bits per heavy atom. The van der Waals surface area contributed by atoms with Crippen LogP contribution in [0.1, 0.15) is 12.0 Å². The lowest BCUT2D eigenvalue weighted by molar-refractivity contribution is -0.116. The van der Waals surface area contributed by atoms with Gasteiger partial charge in [0.15, 0.2) is 0 Å². The van der Waals surface area contributed by atoms with Gasteiger partial charge in [-0.25, -0.2) is 9.37 Å². The maximum absolute atomic E-state index is 13.4. The molecule has 0 aliphatic carbocycles. The fourth-order valence-electron chi connectivity index (χ4n) is 1.64. The van der Waals surface area contributed by atoms with Crippen molar-refractivity contribution in [3.05, 3.63) is 46.7 Å². The maximum Gasteiger partial charge on any atom is 0.226 e. The Morgan fingerprint density at radius 2 is 2.32 bits per heavy atom. The molecule has 2 aromatic rings. The van der Waals surface area contributed by atoms with Crippen LogP contribution < -0.4 is 5.32 Å². The summed E-state index contributed by atoms with van der Waals surface area (Å²) in [5.41, 5.74) is 1.31. The molecule has 1 aromatic heterocycles. The van der Waals surface area contributed by atoms with E-state index in [2.05, 4.69) is 26.2 Å². The molecular formula is C13H13BrFN3O. The zero-order chi connectivity index (χ0) is 13.8. The van der Waals surface area contributed by atoms with Crippen molar-refractivity contribution in [2.24, 2.45) is 0 Å². The highest BCUT2D eigenvalue weighted by Crippen LogP contribution is 2.24. The van der Waals surface area contributed by atoms with Crippen LogP contribution >= 0.6 is 15.9 Å². The first-order chi connectivity index (χ1) is 9.06. The van der Waals surface area contributed by atoms with E-state index < -0.39 is 5.82 Å². The molecule has 0 saturated heterocycles. The molecule has 0 aliphatic rings. The van der Waals surface area contributed by atoms with Gasteiger partial charge in [-0.15, -0.1) is 0 Å². The van der Waals surface area contributed by atoms with Crippen LogP contribution in [0.15, 0.2) is 35.3 Å². The molecule has 4 nitrogen and oxygen atoms in total. The number of hydrogen-bond donors (Lipinski definition) is 1. The van der Waals surface area contributed by atoms with Crippen LogP contribution in [-0.4, -0.2) is 15.5 Å². The summed E-state index contributed by atoms with van der Waals surface area (Å²) in [5, 5.41) is 2.71. The predicted octanol–water partition coefficient (Wildman–Crippen LogP) is 3.12. The highest BCUT2D eigenvalue weighted by molar-refractivity contribution is 9.10. The first-order valence-corrected chi connectivity index (χ1v) is 6.57. The quantitative estimate of drug-likeness (QED) is 0.938. The molecule has 0 unspecified atom stereocenters. The number of nitrogens with zero attached hydrogens (tertiary/aromatic N) is 2. The Morgan fingerprint density at radius 1 is 1.53 bits per heavy atom. The molecule has 0 saturated carbocycles. The second-order valence-electron chi connectivity index (χ2n) is 4.18. The second kappa shape index (κ2) is 5.97. The van der Waals surface area contributed by atoms with E-state index >= 15 is 0 Å². The summed E-state index contributed by atoms with van der Waals surface area (Å²) in [6.07, 6.45) is 5.41. The van der Waals surface area contributed by atoms with Crippen molar-refractivity contribution in [3.8, 4) is 0 Å². The summed E-state index contributed by atoms with van der Waals surface area (Å²) < 4.78 is 15.6. The Hall–Kier alpha value is -1.69.